The maximum atomic E-state index is 13.5. The molecule has 0 bridgehead atoms. The number of ether oxygens (including phenoxy) is 2. The summed E-state index contributed by atoms with van der Waals surface area (Å²) >= 11 is 1.23. The fourth-order valence-electron chi connectivity index (χ4n) is 3.27. The van der Waals surface area contributed by atoms with Crippen LogP contribution in [-0.4, -0.2) is 35.4 Å². The molecule has 3 aromatic carbocycles. The minimum absolute atomic E-state index is 0.245. The Morgan fingerprint density at radius 3 is 2.35 bits per heavy atom. The number of hydrogen-bond donors (Lipinski definition) is 1. The van der Waals surface area contributed by atoms with Gasteiger partial charge in [-0.1, -0.05) is 48.5 Å². The van der Waals surface area contributed by atoms with E-state index in [2.05, 4.69) is 0 Å². The summed E-state index contributed by atoms with van der Waals surface area (Å²) in [6.07, 6.45) is 0.569. The molecule has 7 nitrogen and oxygen atoms in total. The quantitative estimate of drug-likeness (QED) is 0.464. The monoisotopic (exact) mass is 474 g/mol. The number of carbonyl (C=O) groups excluding carboxylic acids is 1. The van der Waals surface area contributed by atoms with Crippen molar-refractivity contribution in [1.29, 1.82) is 0 Å². The van der Waals surface area contributed by atoms with Crippen LogP contribution in [0.1, 0.15) is 12.5 Å². The van der Waals surface area contributed by atoms with Gasteiger partial charge in [-0.05, 0) is 55.1 Å². The highest BCUT2D eigenvalue weighted by Gasteiger charge is 2.35. The van der Waals surface area contributed by atoms with Gasteiger partial charge in [0.2, 0.25) is 0 Å². The Hall–Kier alpha value is -4.04. The zero-order valence-electron chi connectivity index (χ0n) is 18.5. The topological polar surface area (TPSA) is 88.4 Å². The normalized spacial score (nSPS) is 16.6. The molecule has 1 amide bonds. The third-order valence-electron chi connectivity index (χ3n) is 4.96. The molecule has 0 saturated carbocycles. The number of nitrogens with zero attached hydrogens (tertiary/aromatic N) is 2. The third kappa shape index (κ3) is 4.97. The van der Waals surface area contributed by atoms with Crippen molar-refractivity contribution in [3.8, 4) is 11.5 Å². The van der Waals surface area contributed by atoms with E-state index in [9.17, 15) is 14.7 Å². The zero-order chi connectivity index (χ0) is 24.1. The van der Waals surface area contributed by atoms with Gasteiger partial charge in [-0.25, -0.2) is 9.79 Å². The van der Waals surface area contributed by atoms with Gasteiger partial charge in [0.1, 0.15) is 0 Å². The molecular weight excluding hydrogens is 452 g/mol. The van der Waals surface area contributed by atoms with E-state index in [1.165, 1.54) is 25.8 Å². The van der Waals surface area contributed by atoms with Crippen molar-refractivity contribution < 1.29 is 24.2 Å². The van der Waals surface area contributed by atoms with Crippen LogP contribution in [0.5, 0.6) is 11.5 Å². The Kier molecular flexibility index (Phi) is 6.98. The van der Waals surface area contributed by atoms with Crippen molar-refractivity contribution in [2.75, 3.05) is 12.0 Å². The molecule has 1 saturated heterocycles. The van der Waals surface area contributed by atoms with Crippen LogP contribution in [0.4, 0.5) is 11.4 Å². The first kappa shape index (κ1) is 23.1. The Balaban J connectivity index is 1.78. The first-order valence-electron chi connectivity index (χ1n) is 10.5. The van der Waals surface area contributed by atoms with E-state index in [1.807, 2.05) is 60.7 Å². The average Bonchev–Trinajstić information content (AvgIpc) is 3.15. The van der Waals surface area contributed by atoms with Gasteiger partial charge in [0.25, 0.3) is 5.91 Å². The number of aliphatic carboxylic acids is 1. The summed E-state index contributed by atoms with van der Waals surface area (Å²) in [4.78, 5) is 31.5. The lowest BCUT2D eigenvalue weighted by Crippen LogP contribution is -2.28. The fourth-order valence-corrected chi connectivity index (χ4v) is 4.26. The Bertz CT molecular complexity index is 1260. The molecule has 3 aromatic rings. The molecule has 0 spiro atoms. The van der Waals surface area contributed by atoms with Crippen molar-refractivity contribution in [1.82, 2.24) is 0 Å². The number of amidine groups is 1. The van der Waals surface area contributed by atoms with Gasteiger partial charge in [-0.2, -0.15) is 0 Å². The number of rotatable bonds is 7. The SMILES string of the molecule is COc1cccc(/C=C2\SC(=Nc3ccccc3)N(c3ccccc3)C2=O)c1O[C@H](C)C(=O)O. The van der Waals surface area contributed by atoms with Crippen LogP contribution in [0.25, 0.3) is 6.08 Å². The number of carboxylic acids is 1. The van der Waals surface area contributed by atoms with E-state index in [1.54, 1.807) is 29.2 Å². The molecule has 1 aliphatic rings. The lowest BCUT2D eigenvalue weighted by Gasteiger charge is -2.16. The second-order valence-electron chi connectivity index (χ2n) is 7.29. The lowest BCUT2D eigenvalue weighted by atomic mass is 10.1. The molecule has 1 heterocycles. The van der Waals surface area contributed by atoms with Crippen molar-refractivity contribution in [2.24, 2.45) is 4.99 Å². The van der Waals surface area contributed by atoms with Gasteiger partial charge in [0.05, 0.1) is 23.4 Å². The van der Waals surface area contributed by atoms with Crippen LogP contribution in [0.3, 0.4) is 0 Å². The molecule has 34 heavy (non-hydrogen) atoms. The molecule has 172 valence electrons. The summed E-state index contributed by atoms with van der Waals surface area (Å²) in [6.45, 7) is 1.43. The molecule has 0 radical (unpaired) electrons. The number of para-hydroxylation sites is 3. The van der Waals surface area contributed by atoms with Crippen LogP contribution in [0, 0.1) is 0 Å². The molecule has 0 aliphatic carbocycles. The minimum Gasteiger partial charge on any atom is -0.493 e. The minimum atomic E-state index is -1.11. The van der Waals surface area contributed by atoms with Crippen molar-refractivity contribution >= 4 is 46.3 Å². The highest BCUT2D eigenvalue weighted by atomic mass is 32.2. The second-order valence-corrected chi connectivity index (χ2v) is 8.30. The maximum absolute atomic E-state index is 13.5. The van der Waals surface area contributed by atoms with Crippen LogP contribution < -0.4 is 14.4 Å². The van der Waals surface area contributed by atoms with Gasteiger partial charge in [0.15, 0.2) is 22.8 Å². The average molecular weight is 475 g/mol. The summed E-state index contributed by atoms with van der Waals surface area (Å²) in [5, 5.41) is 9.81. The van der Waals surface area contributed by atoms with Gasteiger partial charge < -0.3 is 14.6 Å². The van der Waals surface area contributed by atoms with Crippen LogP contribution in [-0.2, 0) is 9.59 Å². The van der Waals surface area contributed by atoms with Gasteiger partial charge in [-0.15, -0.1) is 0 Å². The molecule has 1 atom stereocenters. The number of anilines is 1. The summed E-state index contributed by atoms with van der Waals surface area (Å²) in [5.74, 6) is -0.731. The van der Waals surface area contributed by atoms with E-state index in [4.69, 9.17) is 14.5 Å². The smallest absolute Gasteiger partial charge is 0.344 e. The van der Waals surface area contributed by atoms with E-state index >= 15 is 0 Å². The first-order chi connectivity index (χ1) is 16.5. The number of hydrogen-bond acceptors (Lipinski definition) is 6. The molecular formula is C26H22N2O5S. The highest BCUT2D eigenvalue weighted by Crippen LogP contribution is 2.40. The summed E-state index contributed by atoms with van der Waals surface area (Å²) < 4.78 is 11.1. The highest BCUT2D eigenvalue weighted by molar-refractivity contribution is 8.19. The molecule has 8 heteroatoms. The fraction of sp³-hybridized carbons (Fsp3) is 0.115. The Labute approximate surface area is 201 Å². The number of carbonyl (C=O) groups is 2. The van der Waals surface area contributed by atoms with Crippen molar-refractivity contribution in [3.63, 3.8) is 0 Å². The second kappa shape index (κ2) is 10.3. The van der Waals surface area contributed by atoms with Crippen molar-refractivity contribution in [2.45, 2.75) is 13.0 Å². The molecule has 1 aliphatic heterocycles. The van der Waals surface area contributed by atoms with E-state index in [0.717, 1.165) is 5.69 Å². The Morgan fingerprint density at radius 1 is 1.03 bits per heavy atom. The Morgan fingerprint density at radius 2 is 1.71 bits per heavy atom. The van der Waals surface area contributed by atoms with Crippen molar-refractivity contribution in [3.05, 3.63) is 89.3 Å². The number of carboxylic acid groups (broad SMARTS) is 1. The number of thioether (sulfide) groups is 1. The van der Waals surface area contributed by atoms with E-state index < -0.39 is 12.1 Å². The molecule has 1 N–H and O–H groups in total. The number of methoxy groups -OCH3 is 1. The van der Waals surface area contributed by atoms with Gasteiger partial charge in [0, 0.05) is 5.56 Å². The van der Waals surface area contributed by atoms with Crippen LogP contribution in [0.15, 0.2) is 88.8 Å². The van der Waals surface area contributed by atoms with E-state index in [-0.39, 0.29) is 11.7 Å². The zero-order valence-corrected chi connectivity index (χ0v) is 19.4. The van der Waals surface area contributed by atoms with Crippen LogP contribution in [0.2, 0.25) is 0 Å². The molecule has 1 fully saturated rings. The maximum Gasteiger partial charge on any atom is 0.344 e. The third-order valence-corrected chi connectivity index (χ3v) is 5.93. The van der Waals surface area contributed by atoms with E-state index in [0.29, 0.717) is 27.1 Å². The lowest BCUT2D eigenvalue weighted by molar-refractivity contribution is -0.144. The van der Waals surface area contributed by atoms with Gasteiger partial charge in [-0.3, -0.25) is 9.69 Å². The summed E-state index contributed by atoms with van der Waals surface area (Å²) in [6, 6.07) is 23.9. The van der Waals surface area contributed by atoms with Crippen LogP contribution >= 0.6 is 11.8 Å². The molecule has 0 unspecified atom stereocenters. The predicted molar refractivity (Wildman–Crippen MR) is 134 cm³/mol. The van der Waals surface area contributed by atoms with Gasteiger partial charge >= 0.3 is 5.97 Å². The molecule has 4 rings (SSSR count). The first-order valence-corrected chi connectivity index (χ1v) is 11.3. The number of benzene rings is 3. The number of aliphatic imine (C=N–C) groups is 1. The largest absolute Gasteiger partial charge is 0.493 e. The number of amides is 1. The summed E-state index contributed by atoms with van der Waals surface area (Å²) in [7, 11) is 1.47. The summed E-state index contributed by atoms with van der Waals surface area (Å²) in [5.41, 5.74) is 1.94. The predicted octanol–water partition coefficient (Wildman–Crippen LogP) is 5.36. The standard InChI is InChI=1S/C26H22N2O5S/c1-17(25(30)31)33-23-18(10-9-15-21(23)32-2)16-22-24(29)28(20-13-7-4-8-14-20)26(34-22)27-19-11-5-3-6-12-19/h3-17H,1-2H3,(H,30,31)/b22-16-,27-26?/t17-/m1/s1. The molecule has 0 aromatic heterocycles.